The first-order valence-electron chi connectivity index (χ1n) is 9.48. The number of amides is 4. The average Bonchev–Trinajstić information content (AvgIpc) is 2.65. The van der Waals surface area contributed by atoms with Crippen LogP contribution in [-0.4, -0.2) is 76.5 Å². The Kier molecular flexibility index (Phi) is 12.4. The lowest BCUT2D eigenvalue weighted by molar-refractivity contribution is -0.143. The number of hydrogen-bond donors (Lipinski definition) is 8. The molecule has 0 radical (unpaired) electrons. The van der Waals surface area contributed by atoms with Gasteiger partial charge in [0.25, 0.3) is 0 Å². The number of aliphatic carboxylic acids is 2. The van der Waals surface area contributed by atoms with Gasteiger partial charge in [-0.2, -0.15) is 0 Å². The van der Waals surface area contributed by atoms with Crippen molar-refractivity contribution in [3.8, 4) is 0 Å². The van der Waals surface area contributed by atoms with E-state index in [1.54, 1.807) is 0 Å². The molecule has 4 unspecified atom stereocenters. The number of carbonyl (C=O) groups is 6. The van der Waals surface area contributed by atoms with Crippen LogP contribution in [0, 0.1) is 0 Å². The molecule has 0 aromatic heterocycles. The first-order chi connectivity index (χ1) is 14.4. The van der Waals surface area contributed by atoms with Crippen molar-refractivity contribution in [3.05, 3.63) is 0 Å². The van der Waals surface area contributed by atoms with Gasteiger partial charge in [0.1, 0.15) is 18.1 Å². The second-order valence-corrected chi connectivity index (χ2v) is 6.85. The van der Waals surface area contributed by atoms with Gasteiger partial charge in [-0.1, -0.05) is 0 Å². The van der Waals surface area contributed by atoms with Crippen molar-refractivity contribution in [3.63, 3.8) is 0 Å². The Labute approximate surface area is 178 Å². The van der Waals surface area contributed by atoms with Crippen molar-refractivity contribution in [2.24, 2.45) is 17.2 Å². The summed E-state index contributed by atoms with van der Waals surface area (Å²) in [4.78, 5) is 69.6. The van der Waals surface area contributed by atoms with Crippen LogP contribution in [0.2, 0.25) is 0 Å². The number of primary amides is 1. The van der Waals surface area contributed by atoms with Crippen LogP contribution in [0.4, 0.5) is 0 Å². The zero-order chi connectivity index (χ0) is 24.1. The van der Waals surface area contributed by atoms with Crippen LogP contribution in [0.25, 0.3) is 0 Å². The summed E-state index contributed by atoms with van der Waals surface area (Å²) in [5, 5.41) is 24.5. The van der Waals surface area contributed by atoms with E-state index in [4.69, 9.17) is 27.4 Å². The van der Waals surface area contributed by atoms with Crippen LogP contribution in [0.3, 0.4) is 0 Å². The summed E-state index contributed by atoms with van der Waals surface area (Å²) in [6, 6.07) is -5.30. The Morgan fingerprint density at radius 3 is 1.90 bits per heavy atom. The molecular formula is C17H30N6O8. The van der Waals surface area contributed by atoms with Gasteiger partial charge in [0, 0.05) is 0 Å². The molecule has 0 aliphatic heterocycles. The Balaban J connectivity index is 5.14. The fourth-order valence-corrected chi connectivity index (χ4v) is 2.40. The first-order valence-corrected chi connectivity index (χ1v) is 9.48. The smallest absolute Gasteiger partial charge is 0.326 e. The van der Waals surface area contributed by atoms with Gasteiger partial charge in [-0.3, -0.25) is 24.0 Å². The summed E-state index contributed by atoms with van der Waals surface area (Å²) in [5.74, 6) is -6.23. The minimum Gasteiger partial charge on any atom is -0.481 e. The number of rotatable bonds is 15. The van der Waals surface area contributed by atoms with Gasteiger partial charge in [0.2, 0.25) is 23.6 Å². The minimum atomic E-state index is -1.58. The predicted molar refractivity (Wildman–Crippen MR) is 106 cm³/mol. The molecule has 31 heavy (non-hydrogen) atoms. The summed E-state index contributed by atoms with van der Waals surface area (Å²) in [5.41, 5.74) is 15.8. The molecule has 176 valence electrons. The molecule has 14 heteroatoms. The number of carbonyl (C=O) groups excluding carboxylic acids is 4. The van der Waals surface area contributed by atoms with E-state index >= 15 is 0 Å². The van der Waals surface area contributed by atoms with Crippen LogP contribution in [0.1, 0.15) is 39.0 Å². The molecule has 4 atom stereocenters. The van der Waals surface area contributed by atoms with E-state index in [-0.39, 0.29) is 6.42 Å². The van der Waals surface area contributed by atoms with E-state index in [1.165, 1.54) is 6.92 Å². The maximum Gasteiger partial charge on any atom is 0.326 e. The lowest BCUT2D eigenvalue weighted by Gasteiger charge is -2.23. The normalized spacial score (nSPS) is 14.4. The van der Waals surface area contributed by atoms with Crippen LogP contribution in [0.5, 0.6) is 0 Å². The van der Waals surface area contributed by atoms with Gasteiger partial charge < -0.3 is 43.4 Å². The molecule has 0 spiro atoms. The number of unbranched alkanes of at least 4 members (excludes halogenated alkanes) is 1. The average molecular weight is 446 g/mol. The summed E-state index contributed by atoms with van der Waals surface area (Å²) in [6.45, 7) is 1.62. The molecule has 0 rings (SSSR count). The van der Waals surface area contributed by atoms with Crippen molar-refractivity contribution < 1.29 is 39.0 Å². The van der Waals surface area contributed by atoms with Gasteiger partial charge in [-0.15, -0.1) is 0 Å². The maximum atomic E-state index is 12.5. The standard InChI is InChI=1S/C17H30N6O8/c1-8(21-15(28)9(19)6-13(25)26)14(27)22-10(4-2-3-5-18)16(29)23-11(17(30)31)7-12(20)24/h8-11H,2-7,18-19H2,1H3,(H2,20,24)(H,21,28)(H,22,27)(H,23,29)(H,25,26)(H,30,31). The van der Waals surface area contributed by atoms with E-state index in [2.05, 4.69) is 16.0 Å². The monoisotopic (exact) mass is 446 g/mol. The Hall–Kier alpha value is -3.26. The Morgan fingerprint density at radius 1 is 0.839 bits per heavy atom. The van der Waals surface area contributed by atoms with Crippen molar-refractivity contribution in [2.75, 3.05) is 6.54 Å². The Morgan fingerprint density at radius 2 is 1.42 bits per heavy atom. The molecule has 0 aliphatic carbocycles. The molecule has 0 saturated carbocycles. The lowest BCUT2D eigenvalue weighted by Crippen LogP contribution is -2.56. The molecule has 4 amide bonds. The molecule has 14 nitrogen and oxygen atoms in total. The number of hydrogen-bond acceptors (Lipinski definition) is 8. The van der Waals surface area contributed by atoms with Crippen molar-refractivity contribution >= 4 is 35.6 Å². The highest BCUT2D eigenvalue weighted by Crippen LogP contribution is 2.04. The zero-order valence-electron chi connectivity index (χ0n) is 17.1. The fraction of sp³-hybridized carbons (Fsp3) is 0.647. The molecule has 0 aliphatic rings. The zero-order valence-corrected chi connectivity index (χ0v) is 17.1. The third-order valence-corrected chi connectivity index (χ3v) is 4.08. The maximum absolute atomic E-state index is 12.5. The second kappa shape index (κ2) is 13.9. The molecule has 0 aromatic rings. The third-order valence-electron chi connectivity index (χ3n) is 4.08. The fourth-order valence-electron chi connectivity index (χ4n) is 2.40. The van der Waals surface area contributed by atoms with E-state index in [1.807, 2.05) is 0 Å². The predicted octanol–water partition coefficient (Wildman–Crippen LogP) is -3.65. The van der Waals surface area contributed by atoms with Crippen LogP contribution < -0.4 is 33.2 Å². The molecule has 0 aromatic carbocycles. The highest BCUT2D eigenvalue weighted by atomic mass is 16.4. The number of nitrogens with one attached hydrogen (secondary N) is 3. The topological polar surface area (TPSA) is 257 Å². The summed E-state index contributed by atoms with van der Waals surface area (Å²) >= 11 is 0. The number of carboxylic acids is 2. The summed E-state index contributed by atoms with van der Waals surface area (Å²) in [6.07, 6.45) is -0.220. The third kappa shape index (κ3) is 11.5. The van der Waals surface area contributed by atoms with E-state index in [0.717, 1.165) is 0 Å². The van der Waals surface area contributed by atoms with E-state index in [9.17, 15) is 28.8 Å². The van der Waals surface area contributed by atoms with Gasteiger partial charge in [-0.25, -0.2) is 4.79 Å². The van der Waals surface area contributed by atoms with Crippen LogP contribution in [0.15, 0.2) is 0 Å². The van der Waals surface area contributed by atoms with Crippen molar-refractivity contribution in [1.29, 1.82) is 0 Å². The molecule has 0 bridgehead atoms. The highest BCUT2D eigenvalue weighted by Gasteiger charge is 2.29. The molecule has 0 saturated heterocycles. The van der Waals surface area contributed by atoms with Crippen LogP contribution in [-0.2, 0) is 28.8 Å². The minimum absolute atomic E-state index is 0.108. The van der Waals surface area contributed by atoms with Gasteiger partial charge in [-0.05, 0) is 32.7 Å². The van der Waals surface area contributed by atoms with E-state index in [0.29, 0.717) is 19.4 Å². The van der Waals surface area contributed by atoms with Gasteiger partial charge in [0.05, 0.1) is 18.9 Å². The highest BCUT2D eigenvalue weighted by molar-refractivity contribution is 5.95. The number of nitrogens with two attached hydrogens (primary N) is 3. The SMILES string of the molecule is CC(NC(=O)C(N)CC(=O)O)C(=O)NC(CCCCN)C(=O)NC(CC(N)=O)C(=O)O. The Bertz CT molecular complexity index is 686. The quantitative estimate of drug-likeness (QED) is 0.114. The number of carboxylic acid groups (broad SMARTS) is 2. The molecule has 0 fully saturated rings. The molecule has 0 heterocycles. The van der Waals surface area contributed by atoms with Gasteiger partial charge in [0.15, 0.2) is 0 Å². The first kappa shape index (κ1) is 27.7. The summed E-state index contributed by atoms with van der Waals surface area (Å²) in [7, 11) is 0. The summed E-state index contributed by atoms with van der Waals surface area (Å²) < 4.78 is 0. The largest absolute Gasteiger partial charge is 0.481 e. The van der Waals surface area contributed by atoms with Crippen molar-refractivity contribution in [2.45, 2.75) is 63.2 Å². The second-order valence-electron chi connectivity index (χ2n) is 6.85. The lowest BCUT2D eigenvalue weighted by atomic mass is 10.1. The van der Waals surface area contributed by atoms with Gasteiger partial charge >= 0.3 is 11.9 Å². The van der Waals surface area contributed by atoms with Crippen LogP contribution >= 0.6 is 0 Å². The van der Waals surface area contributed by atoms with E-state index < -0.39 is 72.6 Å². The van der Waals surface area contributed by atoms with Crippen molar-refractivity contribution in [1.82, 2.24) is 16.0 Å². The molecular weight excluding hydrogens is 416 g/mol. The molecule has 11 N–H and O–H groups in total.